The topological polar surface area (TPSA) is 0 Å². The molecule has 1 aromatic rings. The molecule has 0 bridgehead atoms. The zero-order valence-electron chi connectivity index (χ0n) is 18.6. The molecule has 4 rings (SSSR count). The molecule has 146 valence electrons. The normalized spacial score (nSPS) is 27.7. The number of benzene rings is 1. The number of aryl methyl sites for hydroxylation is 1. The Kier molecular flexibility index (Phi) is 13.9. The Morgan fingerprint density at radius 2 is 1.28 bits per heavy atom. The first-order chi connectivity index (χ1) is 12.4. The molecule has 0 aromatic heterocycles. The second-order valence-corrected chi connectivity index (χ2v) is 6.44. The summed E-state index contributed by atoms with van der Waals surface area (Å²) in [6, 6.07) is 9.26. The van der Waals surface area contributed by atoms with Crippen LogP contribution in [0.1, 0.15) is 111 Å². The summed E-state index contributed by atoms with van der Waals surface area (Å²) in [7, 11) is 0. The van der Waals surface area contributed by atoms with Gasteiger partial charge in [-0.15, -0.1) is 0 Å². The third-order valence-corrected chi connectivity index (χ3v) is 5.83. The highest BCUT2D eigenvalue weighted by molar-refractivity contribution is 5.34. The van der Waals surface area contributed by atoms with E-state index in [1.807, 2.05) is 55.4 Å². The van der Waals surface area contributed by atoms with Crippen LogP contribution in [0, 0.1) is 17.8 Å². The third-order valence-electron chi connectivity index (χ3n) is 5.83. The van der Waals surface area contributed by atoms with Crippen LogP contribution in [0.2, 0.25) is 0 Å². The molecule has 0 spiro atoms. The Hall–Kier alpha value is -0.780. The van der Waals surface area contributed by atoms with E-state index in [9.17, 15) is 0 Å². The van der Waals surface area contributed by atoms with Gasteiger partial charge in [0.05, 0.1) is 0 Å². The predicted molar refractivity (Wildman–Crippen MR) is 116 cm³/mol. The molecule has 0 saturated heterocycles. The van der Waals surface area contributed by atoms with Crippen molar-refractivity contribution in [3.05, 3.63) is 35.4 Å². The van der Waals surface area contributed by atoms with Gasteiger partial charge >= 0.3 is 0 Å². The summed E-state index contributed by atoms with van der Waals surface area (Å²) in [6.45, 7) is 16.0. The Morgan fingerprint density at radius 3 is 1.96 bits per heavy atom. The van der Waals surface area contributed by atoms with E-state index >= 15 is 0 Å². The fraction of sp³-hybridized carbons (Fsp3) is 0.760. The van der Waals surface area contributed by atoms with Gasteiger partial charge in [-0.2, -0.15) is 0 Å². The van der Waals surface area contributed by atoms with Crippen LogP contribution in [0.4, 0.5) is 0 Å². The van der Waals surface area contributed by atoms with E-state index in [4.69, 9.17) is 0 Å². The van der Waals surface area contributed by atoms with Crippen LogP contribution in [0.3, 0.4) is 0 Å². The molecule has 0 N–H and O–H groups in total. The lowest BCUT2D eigenvalue weighted by molar-refractivity contribution is 0.137. The smallest absolute Gasteiger partial charge is 0.0128 e. The van der Waals surface area contributed by atoms with E-state index in [1.54, 1.807) is 11.1 Å². The van der Waals surface area contributed by atoms with Gasteiger partial charge in [0.2, 0.25) is 0 Å². The lowest BCUT2D eigenvalue weighted by Gasteiger charge is -2.44. The molecule has 0 aliphatic heterocycles. The van der Waals surface area contributed by atoms with Gasteiger partial charge in [0, 0.05) is 0 Å². The van der Waals surface area contributed by atoms with Crippen molar-refractivity contribution in [1.29, 1.82) is 0 Å². The minimum atomic E-state index is 0.916. The lowest BCUT2D eigenvalue weighted by atomic mass is 9.61. The lowest BCUT2D eigenvalue weighted by Crippen LogP contribution is -2.33. The molecule has 4 unspecified atom stereocenters. The van der Waals surface area contributed by atoms with Crippen LogP contribution in [-0.2, 0) is 6.42 Å². The standard InChI is InChI=1S/C17H22.4C2H6/c1-2-6-14-12(4-1)8-10-17-15-7-3-5-13(15)9-11-16(14)17;4*1-2/h1-2,4,6,13,15-17H,3,5,7-11H2;4*1-2H3. The zero-order valence-corrected chi connectivity index (χ0v) is 18.6. The van der Waals surface area contributed by atoms with Gasteiger partial charge < -0.3 is 0 Å². The van der Waals surface area contributed by atoms with Crippen LogP contribution in [0.25, 0.3) is 0 Å². The van der Waals surface area contributed by atoms with Crippen molar-refractivity contribution >= 4 is 0 Å². The largest absolute Gasteiger partial charge is 0.0683 e. The predicted octanol–water partition coefficient (Wildman–Crippen LogP) is 8.65. The maximum Gasteiger partial charge on any atom is -0.0128 e. The summed E-state index contributed by atoms with van der Waals surface area (Å²) in [5, 5.41) is 0. The molecule has 3 aliphatic rings. The van der Waals surface area contributed by atoms with Gasteiger partial charge in [-0.05, 0) is 66.9 Å². The van der Waals surface area contributed by atoms with Gasteiger partial charge in [-0.3, -0.25) is 0 Å². The molecular formula is C25H46. The highest BCUT2D eigenvalue weighted by atomic mass is 14.5. The molecule has 25 heavy (non-hydrogen) atoms. The van der Waals surface area contributed by atoms with E-state index in [-0.39, 0.29) is 0 Å². The minimum absolute atomic E-state index is 0.916. The molecule has 0 heterocycles. The van der Waals surface area contributed by atoms with Gasteiger partial charge in [0.25, 0.3) is 0 Å². The quantitative estimate of drug-likeness (QED) is 0.441. The van der Waals surface area contributed by atoms with Crippen LogP contribution in [0.15, 0.2) is 24.3 Å². The van der Waals surface area contributed by atoms with Crippen LogP contribution < -0.4 is 0 Å². The Labute approximate surface area is 159 Å². The van der Waals surface area contributed by atoms with E-state index in [0.717, 1.165) is 23.7 Å². The van der Waals surface area contributed by atoms with Gasteiger partial charge in [-0.25, -0.2) is 0 Å². The zero-order chi connectivity index (χ0) is 19.2. The monoisotopic (exact) mass is 346 g/mol. The Balaban J connectivity index is 0.000000642. The maximum absolute atomic E-state index is 2.42. The summed E-state index contributed by atoms with van der Waals surface area (Å²) in [4.78, 5) is 0. The summed E-state index contributed by atoms with van der Waals surface area (Å²) in [5.74, 6) is 4.13. The van der Waals surface area contributed by atoms with Crippen molar-refractivity contribution in [2.24, 2.45) is 17.8 Å². The third kappa shape index (κ3) is 5.87. The van der Waals surface area contributed by atoms with Crippen molar-refractivity contribution in [2.75, 3.05) is 0 Å². The fourth-order valence-electron chi connectivity index (χ4n) is 5.14. The molecule has 4 atom stereocenters. The Bertz CT molecular complexity index is 420. The molecule has 2 saturated carbocycles. The molecule has 0 radical (unpaired) electrons. The summed E-state index contributed by atoms with van der Waals surface area (Å²) in [5.41, 5.74) is 3.37. The first-order valence-electron chi connectivity index (χ1n) is 11.5. The first-order valence-corrected chi connectivity index (χ1v) is 11.5. The number of rotatable bonds is 0. The maximum atomic E-state index is 2.42. The van der Waals surface area contributed by atoms with Crippen molar-refractivity contribution in [1.82, 2.24) is 0 Å². The van der Waals surface area contributed by atoms with Gasteiger partial charge in [-0.1, -0.05) is 92.5 Å². The Morgan fingerprint density at radius 1 is 0.640 bits per heavy atom. The van der Waals surface area contributed by atoms with E-state index < -0.39 is 0 Å². The molecule has 0 amide bonds. The molecule has 0 nitrogen and oxygen atoms in total. The van der Waals surface area contributed by atoms with Crippen LogP contribution >= 0.6 is 0 Å². The van der Waals surface area contributed by atoms with E-state index in [1.165, 1.54) is 44.9 Å². The summed E-state index contributed by atoms with van der Waals surface area (Å²) >= 11 is 0. The van der Waals surface area contributed by atoms with Crippen molar-refractivity contribution in [3.8, 4) is 0 Å². The van der Waals surface area contributed by atoms with Gasteiger partial charge in [0.1, 0.15) is 0 Å². The molecule has 3 aliphatic carbocycles. The summed E-state index contributed by atoms with van der Waals surface area (Å²) < 4.78 is 0. The second-order valence-electron chi connectivity index (χ2n) is 6.44. The number of hydrogen-bond donors (Lipinski definition) is 0. The molecular weight excluding hydrogens is 300 g/mol. The highest BCUT2D eigenvalue weighted by Crippen LogP contribution is 2.54. The molecule has 0 heteroatoms. The molecule has 1 aromatic carbocycles. The first kappa shape index (κ1) is 24.2. The van der Waals surface area contributed by atoms with Gasteiger partial charge in [0.15, 0.2) is 0 Å². The SMILES string of the molecule is CC.CC.CC.CC.c1ccc2c(c1)CCC1C2CCC2CCCC21. The van der Waals surface area contributed by atoms with E-state index in [2.05, 4.69) is 24.3 Å². The second kappa shape index (κ2) is 14.4. The summed E-state index contributed by atoms with van der Waals surface area (Å²) in [6.07, 6.45) is 10.4. The highest BCUT2D eigenvalue weighted by Gasteiger charge is 2.43. The van der Waals surface area contributed by atoms with Crippen LogP contribution in [0.5, 0.6) is 0 Å². The van der Waals surface area contributed by atoms with Crippen molar-refractivity contribution in [3.63, 3.8) is 0 Å². The number of hydrogen-bond acceptors (Lipinski definition) is 0. The van der Waals surface area contributed by atoms with Crippen molar-refractivity contribution in [2.45, 2.75) is 106 Å². The fourth-order valence-corrected chi connectivity index (χ4v) is 5.14. The average molecular weight is 347 g/mol. The van der Waals surface area contributed by atoms with Crippen LogP contribution in [-0.4, -0.2) is 0 Å². The van der Waals surface area contributed by atoms with Crippen molar-refractivity contribution < 1.29 is 0 Å². The number of fused-ring (bicyclic) bond motifs is 5. The molecule has 2 fully saturated rings. The average Bonchev–Trinajstić information content (AvgIpc) is 3.23. The minimum Gasteiger partial charge on any atom is -0.0683 e. The van der Waals surface area contributed by atoms with E-state index in [0.29, 0.717) is 0 Å².